The molecule has 0 aromatic carbocycles. The summed E-state index contributed by atoms with van der Waals surface area (Å²) in [5.41, 5.74) is -0.419. The molecule has 0 aliphatic heterocycles. The van der Waals surface area contributed by atoms with Crippen molar-refractivity contribution in [1.82, 2.24) is 10.6 Å². The van der Waals surface area contributed by atoms with Gasteiger partial charge in [-0.15, -0.1) is 0 Å². The van der Waals surface area contributed by atoms with Crippen LogP contribution in [0.3, 0.4) is 0 Å². The minimum absolute atomic E-state index is 0.0135. The van der Waals surface area contributed by atoms with Crippen LogP contribution >= 0.6 is 0 Å². The van der Waals surface area contributed by atoms with E-state index in [-0.39, 0.29) is 34.6 Å². The Morgan fingerprint density at radius 1 is 0.590 bits per heavy atom. The molecule has 0 fully saturated rings. The zero-order valence-electron chi connectivity index (χ0n) is 28.0. The van der Waals surface area contributed by atoms with E-state index in [4.69, 9.17) is 0 Å². The van der Waals surface area contributed by atoms with Crippen LogP contribution in [0.5, 0.6) is 0 Å². The molecule has 0 aromatic rings. The standard InChI is InChI=1S/C35H70N2O2/c1-10-14-18-21-24-28-35(9,27-23-20-16-12-3)37-31(29(5)6)33(39)36-30(7)32(38)34(8,25-17-13-4)26-22-19-15-11-2/h29-31,37H,10-28H2,1-9H3,(H,36,39). The maximum absolute atomic E-state index is 13.7. The molecule has 0 spiro atoms. The molecule has 0 saturated carbocycles. The van der Waals surface area contributed by atoms with Gasteiger partial charge in [0.15, 0.2) is 5.78 Å². The van der Waals surface area contributed by atoms with Gasteiger partial charge in [0.2, 0.25) is 5.91 Å². The van der Waals surface area contributed by atoms with Gasteiger partial charge in [-0.2, -0.15) is 0 Å². The van der Waals surface area contributed by atoms with E-state index in [9.17, 15) is 9.59 Å². The van der Waals surface area contributed by atoms with E-state index in [0.29, 0.717) is 0 Å². The molecule has 0 radical (unpaired) electrons. The van der Waals surface area contributed by atoms with Gasteiger partial charge >= 0.3 is 0 Å². The van der Waals surface area contributed by atoms with Crippen molar-refractivity contribution in [2.75, 3.05) is 0 Å². The van der Waals surface area contributed by atoms with Crippen LogP contribution in [0.4, 0.5) is 0 Å². The average molecular weight is 551 g/mol. The lowest BCUT2D eigenvalue weighted by atomic mass is 9.74. The lowest BCUT2D eigenvalue weighted by Gasteiger charge is -2.38. The first kappa shape index (κ1) is 38.1. The van der Waals surface area contributed by atoms with Crippen molar-refractivity contribution in [1.29, 1.82) is 0 Å². The predicted molar refractivity (Wildman–Crippen MR) is 171 cm³/mol. The van der Waals surface area contributed by atoms with Gasteiger partial charge < -0.3 is 10.6 Å². The van der Waals surface area contributed by atoms with Gasteiger partial charge in [0.25, 0.3) is 0 Å². The van der Waals surface area contributed by atoms with Crippen LogP contribution in [0.25, 0.3) is 0 Å². The van der Waals surface area contributed by atoms with Crippen LogP contribution in [0.2, 0.25) is 0 Å². The predicted octanol–water partition coefficient (Wildman–Crippen LogP) is 9.93. The summed E-state index contributed by atoms with van der Waals surface area (Å²) in [7, 11) is 0. The van der Waals surface area contributed by atoms with E-state index >= 15 is 0 Å². The molecule has 4 unspecified atom stereocenters. The van der Waals surface area contributed by atoms with Crippen LogP contribution in [0.1, 0.15) is 184 Å². The molecule has 0 rings (SSSR count). The van der Waals surface area contributed by atoms with Crippen molar-refractivity contribution in [2.24, 2.45) is 11.3 Å². The Kier molecular flexibility index (Phi) is 21.3. The van der Waals surface area contributed by atoms with Crippen molar-refractivity contribution < 1.29 is 9.59 Å². The number of rotatable bonds is 26. The highest BCUT2D eigenvalue weighted by atomic mass is 16.2. The Balaban J connectivity index is 5.47. The first-order chi connectivity index (χ1) is 18.5. The lowest BCUT2D eigenvalue weighted by molar-refractivity contribution is -0.135. The highest BCUT2D eigenvalue weighted by Gasteiger charge is 2.37. The van der Waals surface area contributed by atoms with E-state index in [1.54, 1.807) is 0 Å². The van der Waals surface area contributed by atoms with Crippen molar-refractivity contribution >= 4 is 11.7 Å². The topological polar surface area (TPSA) is 58.2 Å². The zero-order valence-corrected chi connectivity index (χ0v) is 28.0. The van der Waals surface area contributed by atoms with Crippen molar-refractivity contribution in [3.05, 3.63) is 0 Å². The number of carbonyl (C=O) groups excluding carboxylic acids is 2. The van der Waals surface area contributed by atoms with Gasteiger partial charge in [-0.25, -0.2) is 0 Å². The molecule has 0 aliphatic rings. The summed E-state index contributed by atoms with van der Waals surface area (Å²) < 4.78 is 0. The molecular weight excluding hydrogens is 480 g/mol. The first-order valence-corrected chi connectivity index (χ1v) is 17.1. The third-order valence-corrected chi connectivity index (χ3v) is 8.88. The van der Waals surface area contributed by atoms with Crippen molar-refractivity contribution in [3.63, 3.8) is 0 Å². The number of hydrogen-bond acceptors (Lipinski definition) is 3. The average Bonchev–Trinajstić information content (AvgIpc) is 2.90. The van der Waals surface area contributed by atoms with E-state index in [0.717, 1.165) is 44.9 Å². The third kappa shape index (κ3) is 16.2. The second-order valence-corrected chi connectivity index (χ2v) is 13.5. The largest absolute Gasteiger partial charge is 0.345 e. The maximum atomic E-state index is 13.7. The van der Waals surface area contributed by atoms with Crippen LogP contribution in [0.15, 0.2) is 0 Å². The Morgan fingerprint density at radius 2 is 1.00 bits per heavy atom. The smallest absolute Gasteiger partial charge is 0.237 e. The summed E-state index contributed by atoms with van der Waals surface area (Å²) in [6.45, 7) is 19.6. The van der Waals surface area contributed by atoms with Gasteiger partial charge in [-0.3, -0.25) is 9.59 Å². The second kappa shape index (κ2) is 21.8. The molecule has 2 N–H and O–H groups in total. The third-order valence-electron chi connectivity index (χ3n) is 8.88. The number of ketones is 1. The molecule has 4 heteroatoms. The lowest BCUT2D eigenvalue weighted by Crippen LogP contribution is -2.58. The molecule has 0 bridgehead atoms. The van der Waals surface area contributed by atoms with Crippen LogP contribution in [0, 0.1) is 11.3 Å². The quantitative estimate of drug-likeness (QED) is 0.105. The molecule has 4 atom stereocenters. The SMILES string of the molecule is CCCCCCCC(C)(CCCCCC)NC(C(=O)NC(C)C(=O)C(C)(CCCC)CCCCCC)C(C)C. The molecule has 4 nitrogen and oxygen atoms in total. The van der Waals surface area contributed by atoms with E-state index < -0.39 is 6.04 Å². The monoisotopic (exact) mass is 551 g/mol. The summed E-state index contributed by atoms with van der Waals surface area (Å²) in [6, 6.07) is -0.753. The fraction of sp³-hybridized carbons (Fsp3) is 0.943. The number of unbranched alkanes of at least 4 members (excludes halogenated alkanes) is 11. The Labute approximate surface area is 245 Å². The van der Waals surface area contributed by atoms with E-state index in [1.165, 1.54) is 77.0 Å². The number of amides is 1. The maximum Gasteiger partial charge on any atom is 0.237 e. The second-order valence-electron chi connectivity index (χ2n) is 13.5. The van der Waals surface area contributed by atoms with Gasteiger partial charge in [0.1, 0.15) is 0 Å². The zero-order chi connectivity index (χ0) is 29.7. The molecule has 232 valence electrons. The van der Waals surface area contributed by atoms with E-state index in [1.807, 2.05) is 6.92 Å². The Hall–Kier alpha value is -0.900. The van der Waals surface area contributed by atoms with Crippen LogP contribution < -0.4 is 10.6 Å². The molecule has 1 amide bonds. The molecule has 0 saturated heterocycles. The van der Waals surface area contributed by atoms with Crippen LogP contribution in [-0.4, -0.2) is 29.3 Å². The minimum atomic E-state index is -0.460. The van der Waals surface area contributed by atoms with Gasteiger partial charge in [-0.1, -0.05) is 145 Å². The fourth-order valence-electron chi connectivity index (χ4n) is 6.01. The summed E-state index contributed by atoms with van der Waals surface area (Å²) in [5, 5.41) is 7.02. The van der Waals surface area contributed by atoms with E-state index in [2.05, 4.69) is 66.0 Å². The van der Waals surface area contributed by atoms with Gasteiger partial charge in [0, 0.05) is 11.0 Å². The summed E-state index contributed by atoms with van der Waals surface area (Å²) >= 11 is 0. The molecule has 0 aliphatic carbocycles. The first-order valence-electron chi connectivity index (χ1n) is 17.1. The Morgan fingerprint density at radius 3 is 1.46 bits per heavy atom. The summed E-state index contributed by atoms with van der Waals surface area (Å²) in [4.78, 5) is 27.4. The Bertz CT molecular complexity index is 634. The molecular formula is C35H70N2O2. The summed E-state index contributed by atoms with van der Waals surface area (Å²) in [6.07, 6.45) is 22.2. The number of Topliss-reactive ketones (excluding diaryl/α,β-unsaturated/α-hetero) is 1. The number of nitrogens with one attached hydrogen (secondary N) is 2. The number of hydrogen-bond donors (Lipinski definition) is 2. The minimum Gasteiger partial charge on any atom is -0.345 e. The van der Waals surface area contributed by atoms with Crippen LogP contribution in [-0.2, 0) is 9.59 Å². The van der Waals surface area contributed by atoms with Gasteiger partial charge in [0.05, 0.1) is 12.1 Å². The normalized spacial score (nSPS) is 16.5. The molecule has 0 heterocycles. The molecule has 0 aromatic heterocycles. The van der Waals surface area contributed by atoms with Crippen molar-refractivity contribution in [2.45, 2.75) is 202 Å². The fourth-order valence-corrected chi connectivity index (χ4v) is 6.01. The number of carbonyl (C=O) groups is 2. The molecule has 39 heavy (non-hydrogen) atoms. The van der Waals surface area contributed by atoms with Gasteiger partial charge in [-0.05, 0) is 45.4 Å². The highest BCUT2D eigenvalue weighted by molar-refractivity contribution is 5.93. The summed E-state index contributed by atoms with van der Waals surface area (Å²) in [5.74, 6) is 0.352. The highest BCUT2D eigenvalue weighted by Crippen LogP contribution is 2.33. The van der Waals surface area contributed by atoms with Crippen molar-refractivity contribution in [3.8, 4) is 0 Å².